The molecule has 0 aliphatic heterocycles. The van der Waals surface area contributed by atoms with Gasteiger partial charge in [0.15, 0.2) is 0 Å². The molecular formula is C12H22F3LiO3S. The number of hydrogen-bond acceptors (Lipinski definition) is 3. The molecule has 3 nitrogen and oxygen atoms in total. The van der Waals surface area contributed by atoms with Gasteiger partial charge >= 0.3 is 18.9 Å². The van der Waals surface area contributed by atoms with Gasteiger partial charge < -0.3 is 4.55 Å². The molecule has 0 aliphatic carbocycles. The van der Waals surface area contributed by atoms with Gasteiger partial charge in [0.1, 0.15) is 12.3 Å². The predicted octanol–water partition coefficient (Wildman–Crippen LogP) is 0.302. The summed E-state index contributed by atoms with van der Waals surface area (Å²) in [6.45, 7) is -0.302. The maximum absolute atomic E-state index is 13.2. The Bertz CT molecular complexity index is 315. The van der Waals surface area contributed by atoms with Crippen LogP contribution in [0.3, 0.4) is 0 Å². The second-order valence-electron chi connectivity index (χ2n) is 4.71. The Morgan fingerprint density at radius 1 is 0.850 bits per heavy atom. The molecule has 20 heavy (non-hydrogen) atoms. The van der Waals surface area contributed by atoms with Crippen LogP contribution in [0, 0.1) is 0 Å². The van der Waals surface area contributed by atoms with E-state index in [4.69, 9.17) is 0 Å². The minimum atomic E-state index is -4.71. The summed E-state index contributed by atoms with van der Waals surface area (Å²) in [5.74, 6) is -1.29. The van der Waals surface area contributed by atoms with Crippen molar-refractivity contribution in [3.8, 4) is 0 Å². The van der Waals surface area contributed by atoms with Crippen molar-refractivity contribution in [3.05, 3.63) is 0 Å². The Hall–Kier alpha value is 0.297. The van der Waals surface area contributed by atoms with Crippen LogP contribution >= 0.6 is 0 Å². The van der Waals surface area contributed by atoms with Gasteiger partial charge in [0.05, 0.1) is 22.5 Å². The van der Waals surface area contributed by atoms with Crippen LogP contribution in [0.15, 0.2) is 0 Å². The van der Waals surface area contributed by atoms with Crippen LogP contribution in [0.1, 0.15) is 51.4 Å². The van der Waals surface area contributed by atoms with Crippen LogP contribution in [-0.2, 0) is 10.1 Å². The first kappa shape index (κ1) is 22.6. The van der Waals surface area contributed by atoms with Crippen molar-refractivity contribution in [2.75, 3.05) is 12.4 Å². The number of rotatable bonds is 12. The zero-order valence-electron chi connectivity index (χ0n) is 12.0. The van der Waals surface area contributed by atoms with E-state index in [1.54, 1.807) is 0 Å². The van der Waals surface area contributed by atoms with Crippen molar-refractivity contribution in [2.24, 2.45) is 0 Å². The van der Waals surface area contributed by atoms with Crippen LogP contribution in [0.2, 0.25) is 0 Å². The zero-order valence-corrected chi connectivity index (χ0v) is 12.8. The summed E-state index contributed by atoms with van der Waals surface area (Å²) >= 11 is 0. The van der Waals surface area contributed by atoms with Gasteiger partial charge in [-0.1, -0.05) is 38.5 Å². The molecule has 0 aromatic carbocycles. The summed E-state index contributed by atoms with van der Waals surface area (Å²) in [5, 5.41) is 0. The summed E-state index contributed by atoms with van der Waals surface area (Å²) in [4.78, 5) is 0. The topological polar surface area (TPSA) is 57.2 Å². The Balaban J connectivity index is 0. The summed E-state index contributed by atoms with van der Waals surface area (Å²) in [6.07, 6.45) is 1.15. The largest absolute Gasteiger partial charge is 1.00 e. The van der Waals surface area contributed by atoms with Crippen LogP contribution in [-0.4, -0.2) is 37.7 Å². The monoisotopic (exact) mass is 310 g/mol. The van der Waals surface area contributed by atoms with Crippen molar-refractivity contribution < 1.29 is 45.0 Å². The molecule has 0 aliphatic rings. The van der Waals surface area contributed by atoms with Crippen molar-refractivity contribution in [2.45, 2.75) is 63.7 Å². The number of alkyl halides is 3. The minimum Gasteiger partial charge on any atom is -0.748 e. The summed E-state index contributed by atoms with van der Waals surface area (Å²) in [5.41, 5.74) is 0. The SMILES string of the molecule is O=S(=O)([O-])CC(F)C(F)CCCCCCCCCF.[Li+]. The average Bonchev–Trinajstić information content (AvgIpc) is 2.30. The third-order valence-electron chi connectivity index (χ3n) is 2.87. The van der Waals surface area contributed by atoms with Gasteiger partial charge in [-0.05, 0) is 12.8 Å². The van der Waals surface area contributed by atoms with E-state index in [0.717, 1.165) is 32.1 Å². The van der Waals surface area contributed by atoms with Crippen molar-refractivity contribution in [1.82, 2.24) is 0 Å². The standard InChI is InChI=1S/C12H23F3O3S.Li/c13-9-7-5-3-1-2-4-6-8-11(14)12(15)10-19(16,17)18;/h11-12H,1-10H2,(H,16,17,18);/q;+1/p-1. The predicted molar refractivity (Wildman–Crippen MR) is 67.3 cm³/mol. The fourth-order valence-electron chi connectivity index (χ4n) is 1.80. The summed E-state index contributed by atoms with van der Waals surface area (Å²) < 4.78 is 68.7. The molecule has 0 heterocycles. The van der Waals surface area contributed by atoms with Gasteiger partial charge in [0.25, 0.3) is 0 Å². The molecule has 0 aromatic heterocycles. The van der Waals surface area contributed by atoms with Crippen molar-refractivity contribution in [1.29, 1.82) is 0 Å². The molecule has 0 spiro atoms. The van der Waals surface area contributed by atoms with Crippen LogP contribution in [0.4, 0.5) is 13.2 Å². The molecule has 0 N–H and O–H groups in total. The van der Waals surface area contributed by atoms with Gasteiger partial charge in [-0.25, -0.2) is 17.2 Å². The molecule has 0 rings (SSSR count). The van der Waals surface area contributed by atoms with E-state index in [2.05, 4.69) is 0 Å². The fraction of sp³-hybridized carbons (Fsp3) is 1.00. The molecule has 0 radical (unpaired) electrons. The molecule has 0 aromatic rings. The second-order valence-corrected chi connectivity index (χ2v) is 6.16. The Morgan fingerprint density at radius 2 is 1.30 bits per heavy atom. The first-order chi connectivity index (χ1) is 8.87. The number of hydrogen-bond donors (Lipinski definition) is 0. The Morgan fingerprint density at radius 3 is 1.75 bits per heavy atom. The molecule has 0 saturated heterocycles. The van der Waals surface area contributed by atoms with E-state index in [1.165, 1.54) is 0 Å². The van der Waals surface area contributed by atoms with Crippen LogP contribution in [0.5, 0.6) is 0 Å². The van der Waals surface area contributed by atoms with E-state index in [0.29, 0.717) is 12.8 Å². The van der Waals surface area contributed by atoms with E-state index >= 15 is 0 Å². The maximum atomic E-state index is 13.2. The number of halogens is 3. The van der Waals surface area contributed by atoms with E-state index < -0.39 is 28.2 Å². The third kappa shape index (κ3) is 14.7. The Kier molecular flexibility index (Phi) is 14.7. The zero-order chi connectivity index (χ0) is 14.7. The first-order valence-electron chi connectivity index (χ1n) is 6.64. The van der Waals surface area contributed by atoms with Crippen LogP contribution < -0.4 is 18.9 Å². The second kappa shape index (κ2) is 13.0. The van der Waals surface area contributed by atoms with Gasteiger partial charge in [-0.15, -0.1) is 0 Å². The first-order valence-corrected chi connectivity index (χ1v) is 8.22. The average molecular weight is 310 g/mol. The molecule has 0 bridgehead atoms. The molecule has 0 amide bonds. The van der Waals surface area contributed by atoms with E-state index in [9.17, 15) is 26.1 Å². The summed E-state index contributed by atoms with van der Waals surface area (Å²) in [7, 11) is -4.71. The van der Waals surface area contributed by atoms with E-state index in [1.807, 2.05) is 0 Å². The summed E-state index contributed by atoms with van der Waals surface area (Å²) in [6, 6.07) is 0. The smallest absolute Gasteiger partial charge is 0.748 e. The molecule has 0 fully saturated rings. The third-order valence-corrected chi connectivity index (χ3v) is 3.60. The molecule has 2 unspecified atom stereocenters. The van der Waals surface area contributed by atoms with Crippen molar-refractivity contribution in [3.63, 3.8) is 0 Å². The van der Waals surface area contributed by atoms with Gasteiger partial charge in [0, 0.05) is 0 Å². The van der Waals surface area contributed by atoms with Gasteiger partial charge in [-0.3, -0.25) is 4.39 Å². The molecule has 0 saturated carbocycles. The molecule has 116 valence electrons. The normalized spacial score (nSPS) is 14.6. The van der Waals surface area contributed by atoms with Gasteiger partial charge in [-0.2, -0.15) is 0 Å². The van der Waals surface area contributed by atoms with Gasteiger partial charge in [0.2, 0.25) is 0 Å². The Labute approximate surface area is 131 Å². The van der Waals surface area contributed by atoms with Crippen molar-refractivity contribution >= 4 is 10.1 Å². The molecule has 2 atom stereocenters. The fourth-order valence-corrected chi connectivity index (χ4v) is 2.40. The number of unbranched alkanes of at least 4 members (excludes halogenated alkanes) is 6. The van der Waals surface area contributed by atoms with E-state index in [-0.39, 0.29) is 32.0 Å². The quantitative estimate of drug-likeness (QED) is 0.296. The molecular weight excluding hydrogens is 288 g/mol. The maximum Gasteiger partial charge on any atom is 1.00 e. The minimum absolute atomic E-state index is 0. The molecule has 8 heteroatoms. The van der Waals surface area contributed by atoms with Crippen LogP contribution in [0.25, 0.3) is 0 Å².